The highest BCUT2D eigenvalue weighted by molar-refractivity contribution is 7.80. The van der Waals surface area contributed by atoms with Crippen molar-refractivity contribution in [3.8, 4) is 17.3 Å². The predicted molar refractivity (Wildman–Crippen MR) is 121 cm³/mol. The number of aromatic nitrogens is 7. The van der Waals surface area contributed by atoms with Gasteiger partial charge in [-0.1, -0.05) is 0 Å². The lowest BCUT2D eigenvalue weighted by Gasteiger charge is -2.23. The van der Waals surface area contributed by atoms with Gasteiger partial charge in [0.2, 0.25) is 5.95 Å². The third-order valence-corrected chi connectivity index (χ3v) is 6.14. The maximum absolute atomic E-state index is 11.0. The van der Waals surface area contributed by atoms with Gasteiger partial charge in [0, 0.05) is 48.5 Å². The van der Waals surface area contributed by atoms with Gasteiger partial charge >= 0.3 is 0 Å². The number of nitrogens with one attached hydrogen (secondary N) is 2. The molecule has 1 aliphatic rings. The van der Waals surface area contributed by atoms with E-state index in [4.69, 9.17) is 4.55 Å². The zero-order chi connectivity index (χ0) is 22.8. The molecule has 33 heavy (non-hydrogen) atoms. The normalized spacial score (nSPS) is 17.7. The van der Waals surface area contributed by atoms with Crippen LogP contribution in [0, 0.1) is 17.2 Å². The summed E-state index contributed by atoms with van der Waals surface area (Å²) in [5, 5.41) is 15.0. The molecule has 0 radical (unpaired) electrons. The van der Waals surface area contributed by atoms with E-state index in [1.807, 2.05) is 23.1 Å². The van der Waals surface area contributed by atoms with Gasteiger partial charge in [0.25, 0.3) is 11.3 Å². The summed E-state index contributed by atoms with van der Waals surface area (Å²) in [6.07, 6.45) is 9.76. The van der Waals surface area contributed by atoms with Gasteiger partial charge in [0.15, 0.2) is 0 Å². The molecule has 1 aliphatic heterocycles. The Labute approximate surface area is 191 Å². The van der Waals surface area contributed by atoms with Crippen molar-refractivity contribution in [1.29, 1.82) is 5.26 Å². The van der Waals surface area contributed by atoms with E-state index in [1.165, 1.54) is 6.33 Å². The van der Waals surface area contributed by atoms with Gasteiger partial charge in [0.1, 0.15) is 17.8 Å². The van der Waals surface area contributed by atoms with E-state index in [-0.39, 0.29) is 17.9 Å². The molecule has 3 unspecified atom stereocenters. The van der Waals surface area contributed by atoms with Crippen LogP contribution in [0.25, 0.3) is 22.3 Å². The minimum absolute atomic E-state index is 0.0861. The van der Waals surface area contributed by atoms with Gasteiger partial charge in [-0.15, -0.1) is 0 Å². The molecule has 5 heterocycles. The molecule has 12 nitrogen and oxygen atoms in total. The molecular formula is C20H20N10O2S. The van der Waals surface area contributed by atoms with Crippen LogP contribution in [0.15, 0.2) is 43.2 Å². The smallest absolute Gasteiger partial charge is 0.261 e. The number of hydrogen-bond acceptors (Lipinski definition) is 8. The van der Waals surface area contributed by atoms with E-state index in [0.29, 0.717) is 18.8 Å². The molecule has 3 N–H and O–H groups in total. The Kier molecular flexibility index (Phi) is 5.68. The summed E-state index contributed by atoms with van der Waals surface area (Å²) in [6.45, 7) is 1.42. The third-order valence-electron chi connectivity index (χ3n) is 5.78. The maximum atomic E-state index is 11.0. The van der Waals surface area contributed by atoms with Crippen molar-refractivity contribution in [2.45, 2.75) is 18.9 Å². The van der Waals surface area contributed by atoms with Crippen LogP contribution in [0.5, 0.6) is 0 Å². The van der Waals surface area contributed by atoms with Crippen LogP contribution in [0.4, 0.5) is 11.8 Å². The number of fused-ring (bicyclic) bond motifs is 1. The molecule has 4 aromatic heterocycles. The van der Waals surface area contributed by atoms with Crippen molar-refractivity contribution in [3.05, 3.63) is 43.2 Å². The van der Waals surface area contributed by atoms with E-state index in [9.17, 15) is 9.47 Å². The van der Waals surface area contributed by atoms with Crippen LogP contribution >= 0.6 is 0 Å². The first-order valence-corrected chi connectivity index (χ1v) is 11.4. The molecule has 5 rings (SSSR count). The van der Waals surface area contributed by atoms with E-state index in [0.717, 1.165) is 35.3 Å². The largest absolute Gasteiger partial charge is 0.356 e. The first-order chi connectivity index (χ1) is 16.1. The summed E-state index contributed by atoms with van der Waals surface area (Å²) in [5.41, 5.74) is 2.42. The zero-order valence-electron chi connectivity index (χ0n) is 17.4. The molecule has 0 aromatic carbocycles. The van der Waals surface area contributed by atoms with E-state index >= 15 is 0 Å². The molecule has 13 heteroatoms. The minimum atomic E-state index is -2.24. The van der Waals surface area contributed by atoms with Crippen molar-refractivity contribution >= 4 is 34.1 Å². The van der Waals surface area contributed by atoms with Crippen LogP contribution in [0.2, 0.25) is 0 Å². The fraction of sp³-hybridized carbons (Fsp3) is 0.300. The lowest BCUT2D eigenvalue weighted by Crippen LogP contribution is -2.25. The number of rotatable bonds is 7. The van der Waals surface area contributed by atoms with Gasteiger partial charge in [-0.25, -0.2) is 23.9 Å². The monoisotopic (exact) mass is 464 g/mol. The third kappa shape index (κ3) is 4.26. The Morgan fingerprint density at radius 3 is 3.12 bits per heavy atom. The van der Waals surface area contributed by atoms with Crippen molar-refractivity contribution in [1.82, 2.24) is 34.7 Å². The number of nitrogens with zero attached hydrogens (tertiary/aromatic N) is 8. The molecule has 1 fully saturated rings. The first-order valence-electron chi connectivity index (χ1n) is 10.3. The number of nitriles is 1. The van der Waals surface area contributed by atoms with Gasteiger partial charge in [-0.3, -0.25) is 9.23 Å². The van der Waals surface area contributed by atoms with Crippen molar-refractivity contribution in [2.24, 2.45) is 5.92 Å². The summed E-state index contributed by atoms with van der Waals surface area (Å²) in [4.78, 5) is 22.1. The number of anilines is 2. The molecule has 1 saturated heterocycles. The number of H-pyrrole nitrogens is 1. The van der Waals surface area contributed by atoms with Crippen LogP contribution in [-0.4, -0.2) is 56.6 Å². The second kappa shape index (κ2) is 8.93. The Bertz CT molecular complexity index is 1350. The molecule has 0 saturated carbocycles. The zero-order valence-corrected chi connectivity index (χ0v) is 18.2. The maximum Gasteiger partial charge on any atom is 0.261 e. The topological polar surface area (TPSA) is 162 Å². The van der Waals surface area contributed by atoms with Gasteiger partial charge in [-0.05, 0) is 18.6 Å². The molecule has 0 bridgehead atoms. The molecular weight excluding hydrogens is 444 g/mol. The lowest BCUT2D eigenvalue weighted by molar-refractivity contribution is 0.332. The quantitative estimate of drug-likeness (QED) is 0.348. The second-order valence-electron chi connectivity index (χ2n) is 7.69. The van der Waals surface area contributed by atoms with E-state index < -0.39 is 11.3 Å². The summed E-state index contributed by atoms with van der Waals surface area (Å²) in [5.74, 6) is 0.921. The highest BCUT2D eigenvalue weighted by Crippen LogP contribution is 2.33. The summed E-state index contributed by atoms with van der Waals surface area (Å²) in [7, 11) is 0. The van der Waals surface area contributed by atoms with Crippen molar-refractivity contribution < 1.29 is 8.76 Å². The van der Waals surface area contributed by atoms with Gasteiger partial charge < -0.3 is 9.88 Å². The fourth-order valence-electron chi connectivity index (χ4n) is 4.28. The molecule has 168 valence electrons. The van der Waals surface area contributed by atoms with Crippen LogP contribution < -0.4 is 9.62 Å². The standard InChI is InChI=1S/C20H20N10O2S/c21-5-1-16(13-4-8-29(10-13)17-3-7-23-20(27-17)28-33(31)32)30-11-14(9-26-30)18-15-2-6-22-19(15)25-12-24-18/h2-3,6-7,9,11-13,16H,1,4,8,10H2,(H,31,32)(H,22,24,25)(H,23,27,28). The van der Waals surface area contributed by atoms with Crippen molar-refractivity contribution in [3.63, 3.8) is 0 Å². The van der Waals surface area contributed by atoms with Crippen LogP contribution in [0.3, 0.4) is 0 Å². The fourth-order valence-corrected chi connectivity index (χ4v) is 4.53. The Morgan fingerprint density at radius 1 is 1.36 bits per heavy atom. The number of aromatic amines is 1. The molecule has 0 amide bonds. The molecule has 4 aromatic rings. The molecule has 0 aliphatic carbocycles. The highest BCUT2D eigenvalue weighted by atomic mass is 32.2. The Hall–Kier alpha value is -3.89. The van der Waals surface area contributed by atoms with Crippen LogP contribution in [0.1, 0.15) is 18.9 Å². The van der Waals surface area contributed by atoms with Gasteiger partial charge in [0.05, 0.1) is 30.4 Å². The first kappa shape index (κ1) is 21.0. The average molecular weight is 465 g/mol. The van der Waals surface area contributed by atoms with Gasteiger partial charge in [-0.2, -0.15) is 15.3 Å². The summed E-state index contributed by atoms with van der Waals surface area (Å²) in [6, 6.07) is 5.88. The minimum Gasteiger partial charge on any atom is -0.356 e. The Balaban J connectivity index is 1.37. The second-order valence-corrected chi connectivity index (χ2v) is 8.39. The van der Waals surface area contributed by atoms with Crippen molar-refractivity contribution in [2.75, 3.05) is 22.7 Å². The summed E-state index contributed by atoms with van der Waals surface area (Å²) < 4.78 is 24.1. The molecule has 0 spiro atoms. The van der Waals surface area contributed by atoms with E-state index in [1.54, 1.807) is 18.5 Å². The predicted octanol–water partition coefficient (Wildman–Crippen LogP) is 2.14. The Morgan fingerprint density at radius 2 is 2.27 bits per heavy atom. The SMILES string of the molecule is N#CCC(C1CCN(c2ccnc(NS(=O)O)n2)C1)n1cc(-c2ncnc3[nH]ccc23)cn1. The van der Waals surface area contributed by atoms with E-state index in [2.05, 4.69) is 45.7 Å². The highest BCUT2D eigenvalue weighted by Gasteiger charge is 2.32. The summed E-state index contributed by atoms with van der Waals surface area (Å²) >= 11 is -2.24. The molecule has 3 atom stereocenters. The average Bonchev–Trinajstić information content (AvgIpc) is 3.58. The number of hydrogen-bond donors (Lipinski definition) is 3. The van der Waals surface area contributed by atoms with Crippen LogP contribution in [-0.2, 0) is 11.3 Å². The lowest BCUT2D eigenvalue weighted by atomic mass is 9.96.